The lowest BCUT2D eigenvalue weighted by Gasteiger charge is -2.37. The molecule has 0 spiro atoms. The summed E-state index contributed by atoms with van der Waals surface area (Å²) in [5.74, 6) is -0.478. The molecule has 2 aliphatic heterocycles. The zero-order valence-corrected chi connectivity index (χ0v) is 19.2. The van der Waals surface area contributed by atoms with E-state index in [0.717, 1.165) is 24.3 Å². The third kappa shape index (κ3) is 4.21. The molecule has 1 unspecified atom stereocenters. The average molecular weight is 439 g/mol. The van der Waals surface area contributed by atoms with Gasteiger partial charge in [-0.25, -0.2) is 14.1 Å². The van der Waals surface area contributed by atoms with Crippen molar-refractivity contribution in [2.45, 2.75) is 38.6 Å². The van der Waals surface area contributed by atoms with Crippen molar-refractivity contribution in [3.8, 4) is 0 Å². The highest BCUT2D eigenvalue weighted by atomic mass is 19.1. The molecular weight excluding hydrogens is 407 g/mol. The van der Waals surface area contributed by atoms with Gasteiger partial charge in [0.05, 0.1) is 6.67 Å². The van der Waals surface area contributed by atoms with E-state index in [2.05, 4.69) is 35.9 Å². The molecule has 1 atom stereocenters. The van der Waals surface area contributed by atoms with Gasteiger partial charge in [0.25, 0.3) is 5.91 Å². The van der Waals surface area contributed by atoms with Crippen LogP contribution in [-0.2, 0) is 15.7 Å². The van der Waals surface area contributed by atoms with Gasteiger partial charge in [0.2, 0.25) is 0 Å². The van der Waals surface area contributed by atoms with Crippen LogP contribution >= 0.6 is 0 Å². The van der Waals surface area contributed by atoms with E-state index in [4.69, 9.17) is 0 Å². The maximum absolute atomic E-state index is 13.3. The van der Waals surface area contributed by atoms with E-state index in [1.165, 1.54) is 22.6 Å². The number of piperazine rings is 1. The second-order valence-electron chi connectivity index (χ2n) is 9.84. The number of imide groups is 1. The number of carbonyl (C=O) groups excluding carboxylic acids is 2. The fourth-order valence-corrected chi connectivity index (χ4v) is 4.32. The minimum absolute atomic E-state index is 0.0183. The summed E-state index contributed by atoms with van der Waals surface area (Å²) in [4.78, 5) is 31.6. The highest BCUT2D eigenvalue weighted by molar-refractivity contribution is 6.07. The summed E-state index contributed by atoms with van der Waals surface area (Å²) in [6.45, 7) is 11.4. The Morgan fingerprint density at radius 2 is 1.53 bits per heavy atom. The van der Waals surface area contributed by atoms with Crippen molar-refractivity contribution in [1.29, 1.82) is 0 Å². The molecule has 32 heavy (non-hydrogen) atoms. The smallest absolute Gasteiger partial charge is 0.326 e. The summed E-state index contributed by atoms with van der Waals surface area (Å²) >= 11 is 0. The lowest BCUT2D eigenvalue weighted by molar-refractivity contribution is -0.132. The van der Waals surface area contributed by atoms with E-state index < -0.39 is 5.54 Å². The zero-order valence-electron chi connectivity index (χ0n) is 19.2. The largest absolute Gasteiger partial charge is 0.369 e. The van der Waals surface area contributed by atoms with Crippen molar-refractivity contribution in [1.82, 2.24) is 15.1 Å². The first-order valence-corrected chi connectivity index (χ1v) is 11.1. The molecule has 2 saturated heterocycles. The minimum atomic E-state index is -1.07. The van der Waals surface area contributed by atoms with Gasteiger partial charge in [0, 0.05) is 31.9 Å². The second-order valence-corrected chi connectivity index (χ2v) is 9.84. The molecule has 0 bridgehead atoms. The van der Waals surface area contributed by atoms with Crippen molar-refractivity contribution in [3.63, 3.8) is 0 Å². The van der Waals surface area contributed by atoms with Gasteiger partial charge in [-0.05, 0) is 47.7 Å². The summed E-state index contributed by atoms with van der Waals surface area (Å²) in [7, 11) is 0. The van der Waals surface area contributed by atoms with E-state index in [1.54, 1.807) is 19.1 Å². The quantitative estimate of drug-likeness (QED) is 0.740. The molecule has 4 rings (SSSR count). The second kappa shape index (κ2) is 8.20. The average Bonchev–Trinajstić information content (AvgIpc) is 2.98. The third-order valence-corrected chi connectivity index (χ3v) is 6.51. The molecule has 2 aromatic rings. The van der Waals surface area contributed by atoms with Crippen molar-refractivity contribution in [2.75, 3.05) is 37.7 Å². The first kappa shape index (κ1) is 22.3. The topological polar surface area (TPSA) is 55.9 Å². The number of halogens is 1. The molecular formula is C25H31FN4O2. The molecule has 2 aromatic carbocycles. The number of hydrogen-bond acceptors (Lipinski definition) is 4. The van der Waals surface area contributed by atoms with E-state index >= 15 is 0 Å². The molecule has 0 aromatic heterocycles. The maximum Gasteiger partial charge on any atom is 0.326 e. The number of anilines is 1. The van der Waals surface area contributed by atoms with Crippen molar-refractivity contribution in [3.05, 3.63) is 65.5 Å². The van der Waals surface area contributed by atoms with Crippen LogP contribution in [0.15, 0.2) is 48.5 Å². The summed E-state index contributed by atoms with van der Waals surface area (Å²) in [6, 6.07) is 14.0. The van der Waals surface area contributed by atoms with Crippen LogP contribution in [0.1, 0.15) is 38.8 Å². The van der Waals surface area contributed by atoms with Gasteiger partial charge < -0.3 is 10.2 Å². The molecule has 6 nitrogen and oxygen atoms in total. The van der Waals surface area contributed by atoms with Crippen LogP contribution in [0.25, 0.3) is 0 Å². The number of benzene rings is 2. The standard InChI is InChI=1S/C25H31FN4O2/c1-24(2,3)18-5-7-19(8-6-18)25(4)22(31)30(23(32)27-25)17-28-13-15-29(16-14-28)21-11-9-20(26)10-12-21/h5-12H,13-17H2,1-4H3,(H,27,32). The minimum Gasteiger partial charge on any atom is -0.369 e. The zero-order chi connectivity index (χ0) is 23.1. The number of rotatable bonds is 4. The molecule has 7 heteroatoms. The van der Waals surface area contributed by atoms with Crippen molar-refractivity contribution < 1.29 is 14.0 Å². The van der Waals surface area contributed by atoms with E-state index in [1.807, 2.05) is 24.3 Å². The Morgan fingerprint density at radius 1 is 0.938 bits per heavy atom. The monoisotopic (exact) mass is 438 g/mol. The normalized spacial score (nSPS) is 22.4. The maximum atomic E-state index is 13.3. The van der Waals surface area contributed by atoms with Crippen LogP contribution in [-0.4, -0.2) is 54.6 Å². The fraction of sp³-hybridized carbons (Fsp3) is 0.440. The molecule has 2 fully saturated rings. The van der Waals surface area contributed by atoms with E-state index in [9.17, 15) is 14.0 Å². The molecule has 0 saturated carbocycles. The van der Waals surface area contributed by atoms with E-state index in [0.29, 0.717) is 13.1 Å². The molecule has 2 aliphatic rings. The van der Waals surface area contributed by atoms with Crippen LogP contribution in [0, 0.1) is 5.82 Å². The number of nitrogens with zero attached hydrogens (tertiary/aromatic N) is 3. The molecule has 170 valence electrons. The van der Waals surface area contributed by atoms with Gasteiger partial charge in [0.15, 0.2) is 0 Å². The fourth-order valence-electron chi connectivity index (χ4n) is 4.32. The Labute approximate surface area is 189 Å². The number of urea groups is 1. The number of amides is 3. The highest BCUT2D eigenvalue weighted by Gasteiger charge is 2.49. The first-order chi connectivity index (χ1) is 15.1. The number of carbonyl (C=O) groups is 2. The Kier molecular flexibility index (Phi) is 5.71. The number of nitrogens with one attached hydrogen (secondary N) is 1. The third-order valence-electron chi connectivity index (χ3n) is 6.51. The van der Waals surface area contributed by atoms with Crippen LogP contribution in [0.3, 0.4) is 0 Å². The SMILES string of the molecule is CC(C)(C)c1ccc(C2(C)NC(=O)N(CN3CCN(c4ccc(F)cc4)CC3)C2=O)cc1. The van der Waals surface area contributed by atoms with E-state index in [-0.39, 0.29) is 29.8 Å². The van der Waals surface area contributed by atoms with Crippen LogP contribution in [0.2, 0.25) is 0 Å². The number of hydrogen-bond donors (Lipinski definition) is 1. The molecule has 3 amide bonds. The summed E-state index contributed by atoms with van der Waals surface area (Å²) in [5, 5.41) is 2.90. The van der Waals surface area contributed by atoms with Crippen LogP contribution < -0.4 is 10.2 Å². The Hall–Kier alpha value is -2.93. The molecule has 1 N–H and O–H groups in total. The molecule has 0 radical (unpaired) electrons. The first-order valence-electron chi connectivity index (χ1n) is 11.1. The Balaban J connectivity index is 1.40. The molecule has 0 aliphatic carbocycles. The van der Waals surface area contributed by atoms with Gasteiger partial charge in [-0.1, -0.05) is 45.0 Å². The van der Waals surface area contributed by atoms with Gasteiger partial charge >= 0.3 is 6.03 Å². The summed E-state index contributed by atoms with van der Waals surface area (Å²) in [5.41, 5.74) is 1.89. The highest BCUT2D eigenvalue weighted by Crippen LogP contribution is 2.31. The van der Waals surface area contributed by atoms with Gasteiger partial charge in [-0.3, -0.25) is 9.69 Å². The van der Waals surface area contributed by atoms with Crippen molar-refractivity contribution in [2.24, 2.45) is 0 Å². The predicted molar refractivity (Wildman–Crippen MR) is 123 cm³/mol. The predicted octanol–water partition coefficient (Wildman–Crippen LogP) is 3.67. The van der Waals surface area contributed by atoms with Crippen LogP contribution in [0.4, 0.5) is 14.9 Å². The van der Waals surface area contributed by atoms with Gasteiger partial charge in [0.1, 0.15) is 11.4 Å². The van der Waals surface area contributed by atoms with Crippen LogP contribution in [0.5, 0.6) is 0 Å². The Morgan fingerprint density at radius 3 is 2.09 bits per heavy atom. The summed E-state index contributed by atoms with van der Waals surface area (Å²) in [6.07, 6.45) is 0. The Bertz CT molecular complexity index is 992. The summed E-state index contributed by atoms with van der Waals surface area (Å²) < 4.78 is 13.2. The lowest BCUT2D eigenvalue weighted by atomic mass is 9.84. The van der Waals surface area contributed by atoms with Gasteiger partial charge in [-0.2, -0.15) is 0 Å². The molecule has 2 heterocycles. The van der Waals surface area contributed by atoms with Crippen molar-refractivity contribution >= 4 is 17.6 Å². The lowest BCUT2D eigenvalue weighted by Crippen LogP contribution is -2.51. The van der Waals surface area contributed by atoms with Gasteiger partial charge in [-0.15, -0.1) is 0 Å².